The maximum absolute atomic E-state index is 13.1. The van der Waals surface area contributed by atoms with Crippen molar-refractivity contribution in [3.8, 4) is 11.7 Å². The maximum Gasteiger partial charge on any atom is 0.239 e. The van der Waals surface area contributed by atoms with Crippen LogP contribution < -0.4 is 15.0 Å². The smallest absolute Gasteiger partial charge is 0.239 e. The molecule has 1 aromatic carbocycles. The fraction of sp³-hybridized carbons (Fsp3) is 0.500. The van der Waals surface area contributed by atoms with Gasteiger partial charge in [-0.15, -0.1) is 0 Å². The van der Waals surface area contributed by atoms with E-state index in [1.54, 1.807) is 23.7 Å². The number of imidazole rings is 1. The Labute approximate surface area is 203 Å². The highest BCUT2D eigenvalue weighted by Gasteiger charge is 2.52. The number of benzene rings is 1. The van der Waals surface area contributed by atoms with Crippen LogP contribution >= 0.6 is 11.6 Å². The zero-order valence-electron chi connectivity index (χ0n) is 19.3. The van der Waals surface area contributed by atoms with Gasteiger partial charge in [-0.2, -0.15) is 4.98 Å². The van der Waals surface area contributed by atoms with Crippen LogP contribution in [-0.2, 0) is 19.3 Å². The van der Waals surface area contributed by atoms with E-state index in [1.807, 2.05) is 6.07 Å². The van der Waals surface area contributed by atoms with Gasteiger partial charge in [0, 0.05) is 31.4 Å². The number of anilines is 2. The summed E-state index contributed by atoms with van der Waals surface area (Å²) in [5.41, 5.74) is 1.81. The van der Waals surface area contributed by atoms with Gasteiger partial charge in [-0.25, -0.2) is 23.0 Å². The monoisotopic (exact) mass is 506 g/mol. The predicted molar refractivity (Wildman–Crippen MR) is 131 cm³/mol. The Morgan fingerprint density at radius 1 is 1.18 bits per heavy atom. The molecule has 12 heteroatoms. The summed E-state index contributed by atoms with van der Waals surface area (Å²) in [5, 5.41) is 3.64. The number of sulfone groups is 1. The molecule has 10 nitrogen and oxygen atoms in total. The Balaban J connectivity index is 1.83. The first kappa shape index (κ1) is 23.1. The number of morpholine rings is 1. The number of ether oxygens (including phenoxy) is 2. The van der Waals surface area contributed by atoms with E-state index in [9.17, 15) is 8.42 Å². The lowest BCUT2D eigenvalue weighted by Crippen LogP contribution is -2.44. The van der Waals surface area contributed by atoms with E-state index in [2.05, 4.69) is 15.2 Å². The lowest BCUT2D eigenvalue weighted by Gasteiger charge is -2.41. The molecule has 2 fully saturated rings. The van der Waals surface area contributed by atoms with Gasteiger partial charge in [0.15, 0.2) is 21.4 Å². The lowest BCUT2D eigenvalue weighted by molar-refractivity contribution is 0.122. The second-order valence-electron chi connectivity index (χ2n) is 8.60. The Hall–Kier alpha value is -2.63. The molecule has 0 radical (unpaired) electrons. The van der Waals surface area contributed by atoms with Gasteiger partial charge in [0.2, 0.25) is 11.9 Å². The fourth-order valence-corrected chi connectivity index (χ4v) is 6.40. The number of hydrogen-bond donors (Lipinski definition) is 1. The van der Waals surface area contributed by atoms with Gasteiger partial charge >= 0.3 is 0 Å². The van der Waals surface area contributed by atoms with Gasteiger partial charge in [0.25, 0.3) is 0 Å². The molecule has 1 saturated carbocycles. The Morgan fingerprint density at radius 2 is 1.91 bits per heavy atom. The van der Waals surface area contributed by atoms with Crippen molar-refractivity contribution in [2.75, 3.05) is 56.9 Å². The van der Waals surface area contributed by atoms with Gasteiger partial charge < -0.3 is 19.7 Å². The summed E-state index contributed by atoms with van der Waals surface area (Å²) >= 11 is 6.30. The molecule has 0 spiro atoms. The van der Waals surface area contributed by atoms with Crippen molar-refractivity contribution in [2.45, 2.75) is 24.0 Å². The summed E-state index contributed by atoms with van der Waals surface area (Å²) in [7, 11) is -0.192. The summed E-state index contributed by atoms with van der Waals surface area (Å²) in [6.07, 6.45) is 3.04. The van der Waals surface area contributed by atoms with Crippen LogP contribution in [0.5, 0.6) is 5.75 Å². The Kier molecular flexibility index (Phi) is 5.81. The number of fused-ring (bicyclic) bond motifs is 1. The van der Waals surface area contributed by atoms with Crippen LogP contribution in [0.4, 0.5) is 11.8 Å². The van der Waals surface area contributed by atoms with Crippen molar-refractivity contribution < 1.29 is 17.9 Å². The molecule has 3 aromatic rings. The number of rotatable bonds is 6. The van der Waals surface area contributed by atoms with E-state index >= 15 is 0 Å². The van der Waals surface area contributed by atoms with Crippen molar-refractivity contribution in [3.63, 3.8) is 0 Å². The van der Waals surface area contributed by atoms with Crippen molar-refractivity contribution in [1.29, 1.82) is 0 Å². The number of methoxy groups -OCH3 is 1. The molecule has 0 amide bonds. The molecule has 182 valence electrons. The first-order valence-corrected chi connectivity index (χ1v) is 13.4. The summed E-state index contributed by atoms with van der Waals surface area (Å²) < 4.78 is 38.1. The first-order valence-electron chi connectivity index (χ1n) is 11.1. The molecule has 34 heavy (non-hydrogen) atoms. The molecule has 0 bridgehead atoms. The van der Waals surface area contributed by atoms with E-state index in [1.165, 1.54) is 13.4 Å². The van der Waals surface area contributed by atoms with Crippen LogP contribution in [0.25, 0.3) is 17.0 Å². The highest BCUT2D eigenvalue weighted by molar-refractivity contribution is 7.91. The molecular weight excluding hydrogens is 480 g/mol. The molecule has 1 N–H and O–H groups in total. The average molecular weight is 507 g/mol. The topological polar surface area (TPSA) is 111 Å². The third-order valence-electron chi connectivity index (χ3n) is 6.69. The van der Waals surface area contributed by atoms with Crippen molar-refractivity contribution in [2.24, 2.45) is 0 Å². The van der Waals surface area contributed by atoms with E-state index in [0.29, 0.717) is 84.4 Å². The van der Waals surface area contributed by atoms with E-state index in [-0.39, 0.29) is 0 Å². The number of hydrogen-bond acceptors (Lipinski definition) is 9. The van der Waals surface area contributed by atoms with Crippen LogP contribution in [0.3, 0.4) is 0 Å². The molecule has 0 unspecified atom stereocenters. The highest BCUT2D eigenvalue weighted by Crippen LogP contribution is 2.52. The third kappa shape index (κ3) is 3.57. The minimum Gasteiger partial charge on any atom is -0.491 e. The standard InChI is InChI=1S/C22H27ClN6O4S/c1-24-20-25-15-6-5-14(23)13-16(15)29(20)21-26-18(22(7-4-8-22)34(3,30)31)17(32-2)19(27-21)28-9-11-33-12-10-28/h5-6,13H,4,7-12H2,1-3H3,(H,24,25). The normalized spacial score (nSPS) is 18.1. The molecule has 1 aliphatic carbocycles. The van der Waals surface area contributed by atoms with Gasteiger partial charge in [-0.1, -0.05) is 11.6 Å². The van der Waals surface area contributed by atoms with E-state index in [0.717, 1.165) is 6.42 Å². The molecular formula is C22H27ClN6O4S. The van der Waals surface area contributed by atoms with Gasteiger partial charge in [0.05, 0.1) is 31.4 Å². The zero-order valence-corrected chi connectivity index (χ0v) is 20.9. The van der Waals surface area contributed by atoms with Crippen molar-refractivity contribution in [1.82, 2.24) is 19.5 Å². The largest absolute Gasteiger partial charge is 0.491 e. The summed E-state index contributed by atoms with van der Waals surface area (Å²) in [4.78, 5) is 16.4. The average Bonchev–Trinajstić information content (AvgIpc) is 3.15. The van der Waals surface area contributed by atoms with Gasteiger partial charge in [-0.05, 0) is 37.5 Å². The van der Waals surface area contributed by atoms with Crippen LogP contribution in [-0.4, -0.2) is 74.7 Å². The van der Waals surface area contributed by atoms with E-state index in [4.69, 9.17) is 31.0 Å². The quantitative estimate of drug-likeness (QED) is 0.539. The molecule has 2 aliphatic rings. The molecule has 3 heterocycles. The first-order chi connectivity index (χ1) is 16.3. The minimum atomic E-state index is -3.49. The minimum absolute atomic E-state index is 0.307. The van der Waals surface area contributed by atoms with Gasteiger partial charge in [0.1, 0.15) is 10.4 Å². The molecule has 1 saturated heterocycles. The van der Waals surface area contributed by atoms with Crippen molar-refractivity contribution >= 4 is 44.2 Å². The van der Waals surface area contributed by atoms with Gasteiger partial charge in [-0.3, -0.25) is 0 Å². The lowest BCUT2D eigenvalue weighted by atomic mass is 9.81. The molecule has 1 aliphatic heterocycles. The second kappa shape index (κ2) is 8.54. The zero-order chi connectivity index (χ0) is 24.1. The van der Waals surface area contributed by atoms with E-state index < -0.39 is 14.6 Å². The molecule has 5 rings (SSSR count). The Bertz CT molecular complexity index is 1350. The fourth-order valence-electron chi connectivity index (χ4n) is 4.71. The molecule has 0 atom stereocenters. The number of nitrogens with zero attached hydrogens (tertiary/aromatic N) is 5. The van der Waals surface area contributed by atoms with Crippen LogP contribution in [0.1, 0.15) is 25.0 Å². The predicted octanol–water partition coefficient (Wildman–Crippen LogP) is 2.78. The summed E-state index contributed by atoms with van der Waals surface area (Å²) in [6.45, 7) is 2.29. The van der Waals surface area contributed by atoms with Crippen molar-refractivity contribution in [3.05, 3.63) is 28.9 Å². The summed E-state index contributed by atoms with van der Waals surface area (Å²) in [6, 6.07) is 5.39. The summed E-state index contributed by atoms with van der Waals surface area (Å²) in [5.74, 6) is 1.76. The maximum atomic E-state index is 13.1. The SMILES string of the molecule is CNc1nc2ccc(Cl)cc2n1-c1nc(N2CCOCC2)c(OC)c(C2(S(C)(=O)=O)CCC2)n1. The second-order valence-corrected chi connectivity index (χ2v) is 11.4. The highest BCUT2D eigenvalue weighted by atomic mass is 35.5. The Morgan fingerprint density at radius 3 is 2.50 bits per heavy atom. The third-order valence-corrected chi connectivity index (χ3v) is 8.95. The number of aromatic nitrogens is 4. The van der Waals surface area contributed by atoms with Crippen LogP contribution in [0.15, 0.2) is 18.2 Å². The number of halogens is 1. The molecule has 2 aromatic heterocycles. The van der Waals surface area contributed by atoms with Crippen LogP contribution in [0.2, 0.25) is 5.02 Å². The number of nitrogens with one attached hydrogen (secondary N) is 1. The van der Waals surface area contributed by atoms with Crippen LogP contribution in [0, 0.1) is 0 Å².